The molecule has 0 spiro atoms. The molecule has 0 radical (unpaired) electrons. The van der Waals surface area contributed by atoms with E-state index >= 15 is 0 Å². The van der Waals surface area contributed by atoms with Crippen LogP contribution in [-0.2, 0) is 11.0 Å². The number of piperidine rings is 1. The van der Waals surface area contributed by atoms with Gasteiger partial charge in [0.2, 0.25) is 5.91 Å². The lowest BCUT2D eigenvalue weighted by Gasteiger charge is -2.28. The minimum absolute atomic E-state index is 0.192. The number of rotatable bonds is 2. The maximum absolute atomic E-state index is 12.6. The van der Waals surface area contributed by atoms with Gasteiger partial charge in [-0.25, -0.2) is 0 Å². The van der Waals surface area contributed by atoms with Crippen LogP contribution in [0.15, 0.2) is 24.3 Å². The largest absolute Gasteiger partial charge is 0.416 e. The van der Waals surface area contributed by atoms with Gasteiger partial charge in [0.05, 0.1) is 5.56 Å². The molecular weight excluding hydrogens is 291 g/mol. The molecule has 6 heteroatoms. The molecule has 0 aliphatic carbocycles. The molecule has 1 aromatic carbocycles. The number of carbonyl (C=O) groups is 1. The number of carbonyl (C=O) groups excluding carboxylic acids is 1. The molecule has 20 heavy (non-hydrogen) atoms. The van der Waals surface area contributed by atoms with Gasteiger partial charge < -0.3 is 4.90 Å². The second-order valence-electron chi connectivity index (χ2n) is 4.87. The van der Waals surface area contributed by atoms with Gasteiger partial charge in [-0.3, -0.25) is 4.79 Å². The molecule has 1 unspecified atom stereocenters. The Kier molecular flexibility index (Phi) is 4.58. The number of likely N-dealkylation sites (tertiary alicyclic amines) is 1. The maximum atomic E-state index is 12.6. The Labute approximate surface area is 120 Å². The third-order valence-electron chi connectivity index (χ3n) is 3.39. The van der Waals surface area contributed by atoms with Crippen molar-refractivity contribution in [2.75, 3.05) is 13.1 Å². The van der Waals surface area contributed by atoms with Crippen LogP contribution in [0.1, 0.15) is 35.8 Å². The van der Waals surface area contributed by atoms with E-state index in [1.165, 1.54) is 12.1 Å². The average molecular weight is 306 g/mol. The highest BCUT2D eigenvalue weighted by atomic mass is 35.5. The van der Waals surface area contributed by atoms with Crippen LogP contribution < -0.4 is 0 Å². The standard InChI is InChI=1S/C14H15ClF3NO/c15-12(13(20)19-7-2-1-3-8-19)10-5-4-6-11(9-10)14(16,17)18/h4-6,9,12H,1-3,7-8H2. The van der Waals surface area contributed by atoms with Crippen LogP contribution in [0.5, 0.6) is 0 Å². The van der Waals surface area contributed by atoms with E-state index in [1.54, 1.807) is 4.90 Å². The van der Waals surface area contributed by atoms with Gasteiger partial charge in [0, 0.05) is 13.1 Å². The molecule has 2 nitrogen and oxygen atoms in total. The Morgan fingerprint density at radius 2 is 1.85 bits per heavy atom. The maximum Gasteiger partial charge on any atom is 0.416 e. The SMILES string of the molecule is O=C(C(Cl)c1cccc(C(F)(F)F)c1)N1CCCCC1. The molecule has 1 aliphatic heterocycles. The van der Waals surface area contributed by atoms with Gasteiger partial charge in [-0.05, 0) is 37.0 Å². The molecule has 1 amide bonds. The number of alkyl halides is 4. The number of halogens is 4. The Balaban J connectivity index is 2.16. The molecule has 0 bridgehead atoms. The van der Waals surface area contributed by atoms with Gasteiger partial charge in [-0.1, -0.05) is 12.1 Å². The van der Waals surface area contributed by atoms with Crippen molar-refractivity contribution in [1.29, 1.82) is 0 Å². The summed E-state index contributed by atoms with van der Waals surface area (Å²) in [5, 5.41) is -1.06. The van der Waals surface area contributed by atoms with Crippen molar-refractivity contribution < 1.29 is 18.0 Å². The lowest BCUT2D eigenvalue weighted by molar-refractivity contribution is -0.138. The zero-order valence-electron chi connectivity index (χ0n) is 10.8. The van der Waals surface area contributed by atoms with Crippen molar-refractivity contribution >= 4 is 17.5 Å². The van der Waals surface area contributed by atoms with E-state index in [2.05, 4.69) is 0 Å². The summed E-state index contributed by atoms with van der Waals surface area (Å²) in [4.78, 5) is 13.8. The normalized spacial score (nSPS) is 17.9. The smallest absolute Gasteiger partial charge is 0.341 e. The van der Waals surface area contributed by atoms with Crippen LogP contribution in [0.3, 0.4) is 0 Å². The van der Waals surface area contributed by atoms with Crippen LogP contribution in [-0.4, -0.2) is 23.9 Å². The highest BCUT2D eigenvalue weighted by molar-refractivity contribution is 6.30. The second kappa shape index (κ2) is 6.04. The van der Waals surface area contributed by atoms with Crippen LogP contribution in [0, 0.1) is 0 Å². The predicted molar refractivity (Wildman–Crippen MR) is 70.5 cm³/mol. The van der Waals surface area contributed by atoms with Crippen molar-refractivity contribution in [3.05, 3.63) is 35.4 Å². The van der Waals surface area contributed by atoms with Gasteiger partial charge in [0.25, 0.3) is 0 Å². The molecule has 1 fully saturated rings. The number of benzene rings is 1. The fourth-order valence-electron chi connectivity index (χ4n) is 2.29. The molecule has 1 atom stereocenters. The van der Waals surface area contributed by atoms with Gasteiger partial charge >= 0.3 is 6.18 Å². The molecule has 1 saturated heterocycles. The molecule has 0 N–H and O–H groups in total. The first-order valence-corrected chi connectivity index (χ1v) is 6.93. The first-order valence-electron chi connectivity index (χ1n) is 6.49. The van der Waals surface area contributed by atoms with Crippen molar-refractivity contribution in [3.63, 3.8) is 0 Å². The molecule has 0 saturated carbocycles. The molecule has 1 aliphatic rings. The molecular formula is C14H15ClF3NO. The molecule has 2 rings (SSSR count). The zero-order chi connectivity index (χ0) is 14.8. The first-order chi connectivity index (χ1) is 9.39. The number of hydrogen-bond donors (Lipinski definition) is 0. The van der Waals surface area contributed by atoms with E-state index in [1.807, 2.05) is 0 Å². The summed E-state index contributed by atoms with van der Waals surface area (Å²) in [6.45, 7) is 1.25. The van der Waals surface area contributed by atoms with Crippen LogP contribution in [0.2, 0.25) is 0 Å². The quantitative estimate of drug-likeness (QED) is 0.756. The third kappa shape index (κ3) is 3.45. The second-order valence-corrected chi connectivity index (χ2v) is 5.31. The van der Waals surface area contributed by atoms with Crippen LogP contribution in [0.4, 0.5) is 13.2 Å². The molecule has 1 heterocycles. The highest BCUT2D eigenvalue weighted by Gasteiger charge is 2.32. The highest BCUT2D eigenvalue weighted by Crippen LogP contribution is 2.32. The number of hydrogen-bond acceptors (Lipinski definition) is 1. The Hall–Kier alpha value is -1.23. The van der Waals surface area contributed by atoms with Crippen molar-refractivity contribution in [2.24, 2.45) is 0 Å². The van der Waals surface area contributed by atoms with E-state index in [0.717, 1.165) is 31.4 Å². The topological polar surface area (TPSA) is 20.3 Å². The summed E-state index contributed by atoms with van der Waals surface area (Å²) in [5.74, 6) is -0.314. The van der Waals surface area contributed by atoms with E-state index in [0.29, 0.717) is 13.1 Å². The van der Waals surface area contributed by atoms with Gasteiger partial charge in [-0.15, -0.1) is 11.6 Å². The summed E-state index contributed by atoms with van der Waals surface area (Å²) in [5.41, 5.74) is -0.593. The van der Waals surface area contributed by atoms with Crippen molar-refractivity contribution in [3.8, 4) is 0 Å². The molecule has 110 valence electrons. The molecule has 0 aromatic heterocycles. The Bertz CT molecular complexity index is 484. The monoisotopic (exact) mass is 305 g/mol. The average Bonchev–Trinajstić information content (AvgIpc) is 2.46. The lowest BCUT2D eigenvalue weighted by atomic mass is 10.1. The van der Waals surface area contributed by atoms with Crippen LogP contribution in [0.25, 0.3) is 0 Å². The van der Waals surface area contributed by atoms with Gasteiger partial charge in [0.15, 0.2) is 0 Å². The van der Waals surface area contributed by atoms with E-state index in [4.69, 9.17) is 11.6 Å². The lowest BCUT2D eigenvalue weighted by Crippen LogP contribution is -2.37. The Morgan fingerprint density at radius 1 is 1.20 bits per heavy atom. The summed E-state index contributed by atoms with van der Waals surface area (Å²) in [7, 11) is 0. The van der Waals surface area contributed by atoms with E-state index in [-0.39, 0.29) is 11.5 Å². The van der Waals surface area contributed by atoms with Crippen LogP contribution >= 0.6 is 11.6 Å². The van der Waals surface area contributed by atoms with Gasteiger partial charge in [-0.2, -0.15) is 13.2 Å². The predicted octanol–water partition coefficient (Wildman–Crippen LogP) is 4.00. The van der Waals surface area contributed by atoms with E-state index < -0.39 is 17.1 Å². The third-order valence-corrected chi connectivity index (χ3v) is 3.83. The fraction of sp³-hybridized carbons (Fsp3) is 0.500. The van der Waals surface area contributed by atoms with Gasteiger partial charge in [0.1, 0.15) is 5.38 Å². The fourth-order valence-corrected chi connectivity index (χ4v) is 2.56. The van der Waals surface area contributed by atoms with Crippen molar-refractivity contribution in [2.45, 2.75) is 30.8 Å². The van der Waals surface area contributed by atoms with E-state index in [9.17, 15) is 18.0 Å². The number of nitrogens with zero attached hydrogens (tertiary/aromatic N) is 1. The first kappa shape index (κ1) is 15.2. The minimum Gasteiger partial charge on any atom is -0.341 e. The summed E-state index contributed by atoms with van der Waals surface area (Å²) in [6.07, 6.45) is -1.53. The summed E-state index contributed by atoms with van der Waals surface area (Å²) in [6, 6.07) is 4.64. The van der Waals surface area contributed by atoms with Crippen molar-refractivity contribution in [1.82, 2.24) is 4.90 Å². The number of amides is 1. The Morgan fingerprint density at radius 3 is 2.45 bits per heavy atom. The minimum atomic E-state index is -4.43. The molecule has 1 aromatic rings. The summed E-state index contributed by atoms with van der Waals surface area (Å²) < 4.78 is 37.9. The zero-order valence-corrected chi connectivity index (χ0v) is 11.5. The summed E-state index contributed by atoms with van der Waals surface area (Å²) >= 11 is 6.05.